The fraction of sp³-hybridized carbons (Fsp3) is 0.238. The van der Waals surface area contributed by atoms with Crippen LogP contribution in [-0.4, -0.2) is 20.3 Å². The number of aromatic nitrogens is 3. The Labute approximate surface area is 162 Å². The summed E-state index contributed by atoms with van der Waals surface area (Å²) in [7, 11) is 0. The lowest BCUT2D eigenvalue weighted by Crippen LogP contribution is -2.45. The van der Waals surface area contributed by atoms with E-state index in [0.717, 1.165) is 20.4 Å². The van der Waals surface area contributed by atoms with Crippen molar-refractivity contribution in [3.05, 3.63) is 92.3 Å². The van der Waals surface area contributed by atoms with E-state index in [1.807, 2.05) is 50.2 Å². The first kappa shape index (κ1) is 19.3. The Morgan fingerprint density at radius 3 is 2.50 bits per heavy atom. The van der Waals surface area contributed by atoms with Gasteiger partial charge in [-0.15, -0.1) is 0 Å². The molecule has 0 aliphatic carbocycles. The van der Waals surface area contributed by atoms with E-state index in [4.69, 9.17) is 0 Å². The predicted octanol–water partition coefficient (Wildman–Crippen LogP) is 2.04. The van der Waals surface area contributed by atoms with Crippen LogP contribution < -0.4 is 16.6 Å². The van der Waals surface area contributed by atoms with E-state index in [0.29, 0.717) is 12.1 Å². The Balaban J connectivity index is 2.03. The van der Waals surface area contributed by atoms with Gasteiger partial charge in [0, 0.05) is 13.1 Å². The van der Waals surface area contributed by atoms with Gasteiger partial charge >= 0.3 is 5.69 Å². The van der Waals surface area contributed by atoms with Crippen LogP contribution in [0.4, 0.5) is 0 Å². The monoisotopic (exact) mass is 378 g/mol. The van der Waals surface area contributed by atoms with Gasteiger partial charge in [-0.25, -0.2) is 4.79 Å². The number of hydrogen-bond donors (Lipinski definition) is 1. The van der Waals surface area contributed by atoms with Gasteiger partial charge in [0.05, 0.1) is 5.69 Å². The number of nitrogens with zero attached hydrogens (tertiary/aromatic N) is 3. The van der Waals surface area contributed by atoms with Crippen molar-refractivity contribution in [2.75, 3.05) is 0 Å². The van der Waals surface area contributed by atoms with E-state index in [9.17, 15) is 14.4 Å². The first-order chi connectivity index (χ1) is 13.5. The number of aryl methyl sites for hydroxylation is 1. The van der Waals surface area contributed by atoms with E-state index in [2.05, 4.69) is 10.4 Å². The zero-order chi connectivity index (χ0) is 20.1. The van der Waals surface area contributed by atoms with Crippen molar-refractivity contribution in [3.63, 3.8) is 0 Å². The van der Waals surface area contributed by atoms with Crippen LogP contribution in [0.25, 0.3) is 5.69 Å². The average Bonchev–Trinajstić information content (AvgIpc) is 2.70. The van der Waals surface area contributed by atoms with Gasteiger partial charge in [-0.05, 0) is 36.6 Å². The summed E-state index contributed by atoms with van der Waals surface area (Å²) in [4.78, 5) is 38.1. The van der Waals surface area contributed by atoms with E-state index in [-0.39, 0.29) is 18.8 Å². The molecule has 3 rings (SSSR count). The molecule has 1 heterocycles. The van der Waals surface area contributed by atoms with Crippen LogP contribution in [0.2, 0.25) is 0 Å². The smallest absolute Gasteiger partial charge is 0.346 e. The molecule has 3 aromatic rings. The van der Waals surface area contributed by atoms with Crippen LogP contribution in [0.5, 0.6) is 0 Å². The molecule has 7 nitrogen and oxygen atoms in total. The average molecular weight is 378 g/mol. The number of amides is 1. The fourth-order valence-electron chi connectivity index (χ4n) is 2.87. The molecule has 2 aromatic carbocycles. The minimum absolute atomic E-state index is 0.213. The molecule has 144 valence electrons. The molecular weight excluding hydrogens is 356 g/mol. The normalized spacial score (nSPS) is 10.6. The molecule has 0 atom stereocenters. The van der Waals surface area contributed by atoms with Crippen molar-refractivity contribution in [2.45, 2.75) is 33.4 Å². The summed E-state index contributed by atoms with van der Waals surface area (Å²) in [5, 5.41) is 6.80. The second kappa shape index (κ2) is 8.47. The molecule has 1 aromatic heterocycles. The standard InChI is InChI=1S/C21H22N4O3/c1-3-12-24-20(27)18(19(26)22-14-16-9-5-4-6-10-16)23-25(21(24)28)17-11-7-8-15(2)13-17/h4-11,13H,3,12,14H2,1-2H3,(H,22,26). The Morgan fingerprint density at radius 1 is 1.07 bits per heavy atom. The van der Waals surface area contributed by atoms with Gasteiger partial charge in [0.2, 0.25) is 5.69 Å². The van der Waals surface area contributed by atoms with Crippen molar-refractivity contribution in [1.82, 2.24) is 19.7 Å². The van der Waals surface area contributed by atoms with E-state index in [1.165, 1.54) is 0 Å². The summed E-state index contributed by atoms with van der Waals surface area (Å²) in [6.45, 7) is 4.23. The molecule has 0 radical (unpaired) electrons. The lowest BCUT2D eigenvalue weighted by atomic mass is 10.2. The maximum atomic E-state index is 12.8. The number of benzene rings is 2. The Kier molecular flexibility index (Phi) is 5.84. The Hall–Kier alpha value is -3.48. The number of rotatable bonds is 6. The van der Waals surface area contributed by atoms with Crippen molar-refractivity contribution >= 4 is 5.91 Å². The third-order valence-corrected chi connectivity index (χ3v) is 4.26. The number of carbonyl (C=O) groups is 1. The highest BCUT2D eigenvalue weighted by Gasteiger charge is 2.19. The molecule has 28 heavy (non-hydrogen) atoms. The minimum Gasteiger partial charge on any atom is -0.346 e. The zero-order valence-electron chi connectivity index (χ0n) is 15.9. The van der Waals surface area contributed by atoms with Crippen LogP contribution in [0.1, 0.15) is 35.0 Å². The second-order valence-corrected chi connectivity index (χ2v) is 6.51. The highest BCUT2D eigenvalue weighted by Crippen LogP contribution is 2.06. The van der Waals surface area contributed by atoms with E-state index < -0.39 is 17.2 Å². The molecule has 1 amide bonds. The molecule has 0 unspecified atom stereocenters. The van der Waals surface area contributed by atoms with Gasteiger partial charge in [0.15, 0.2) is 0 Å². The molecule has 0 fully saturated rings. The summed E-state index contributed by atoms with van der Waals surface area (Å²) in [6.07, 6.45) is 0.581. The maximum absolute atomic E-state index is 12.8. The lowest BCUT2D eigenvalue weighted by Gasteiger charge is -2.12. The van der Waals surface area contributed by atoms with Crippen molar-refractivity contribution in [1.29, 1.82) is 0 Å². The molecule has 0 aliphatic rings. The van der Waals surface area contributed by atoms with Crippen molar-refractivity contribution < 1.29 is 4.79 Å². The first-order valence-corrected chi connectivity index (χ1v) is 9.14. The minimum atomic E-state index is -0.679. The second-order valence-electron chi connectivity index (χ2n) is 6.51. The van der Waals surface area contributed by atoms with Gasteiger partial charge < -0.3 is 5.32 Å². The van der Waals surface area contributed by atoms with Gasteiger partial charge in [-0.1, -0.05) is 49.4 Å². The molecule has 1 N–H and O–H groups in total. The molecule has 0 saturated carbocycles. The van der Waals surface area contributed by atoms with Gasteiger partial charge in [-0.2, -0.15) is 9.78 Å². The lowest BCUT2D eigenvalue weighted by molar-refractivity contribution is 0.0941. The number of hydrogen-bond acceptors (Lipinski definition) is 4. The van der Waals surface area contributed by atoms with Crippen molar-refractivity contribution in [3.8, 4) is 5.69 Å². The quantitative estimate of drug-likeness (QED) is 0.711. The van der Waals surface area contributed by atoms with Gasteiger partial charge in [0.1, 0.15) is 0 Å². The van der Waals surface area contributed by atoms with Crippen LogP contribution in [0.15, 0.2) is 64.2 Å². The molecule has 7 heteroatoms. The Morgan fingerprint density at radius 2 is 1.82 bits per heavy atom. The molecule has 0 aliphatic heterocycles. The third kappa shape index (κ3) is 4.09. The van der Waals surface area contributed by atoms with Crippen LogP contribution in [0, 0.1) is 6.92 Å². The fourth-order valence-corrected chi connectivity index (χ4v) is 2.87. The van der Waals surface area contributed by atoms with Gasteiger partial charge in [0.25, 0.3) is 11.5 Å². The van der Waals surface area contributed by atoms with Crippen LogP contribution in [-0.2, 0) is 13.1 Å². The number of carbonyl (C=O) groups excluding carboxylic acids is 1. The third-order valence-electron chi connectivity index (χ3n) is 4.26. The Bertz CT molecular complexity index is 1100. The highest BCUT2D eigenvalue weighted by molar-refractivity contribution is 5.91. The number of nitrogens with one attached hydrogen (secondary N) is 1. The van der Waals surface area contributed by atoms with E-state index >= 15 is 0 Å². The molecular formula is C21H22N4O3. The summed E-state index contributed by atoms with van der Waals surface area (Å²) in [5.41, 5.74) is 0.807. The van der Waals surface area contributed by atoms with Crippen LogP contribution >= 0.6 is 0 Å². The molecule has 0 bridgehead atoms. The summed E-state index contributed by atoms with van der Waals surface area (Å²) < 4.78 is 2.17. The summed E-state index contributed by atoms with van der Waals surface area (Å²) in [5.74, 6) is -0.611. The zero-order valence-corrected chi connectivity index (χ0v) is 15.9. The first-order valence-electron chi connectivity index (χ1n) is 9.14. The van der Waals surface area contributed by atoms with Gasteiger partial charge in [-0.3, -0.25) is 14.2 Å². The molecule has 0 spiro atoms. The summed E-state index contributed by atoms with van der Waals surface area (Å²) >= 11 is 0. The topological polar surface area (TPSA) is 86.0 Å². The van der Waals surface area contributed by atoms with Crippen LogP contribution in [0.3, 0.4) is 0 Å². The predicted molar refractivity (Wildman–Crippen MR) is 107 cm³/mol. The largest absolute Gasteiger partial charge is 0.352 e. The molecule has 0 saturated heterocycles. The highest BCUT2D eigenvalue weighted by atomic mass is 16.2. The SMILES string of the molecule is CCCn1c(=O)c(C(=O)NCc2ccccc2)nn(-c2cccc(C)c2)c1=O. The summed E-state index contributed by atoms with van der Waals surface area (Å²) in [6, 6.07) is 16.5. The maximum Gasteiger partial charge on any atom is 0.352 e. The van der Waals surface area contributed by atoms with Crippen molar-refractivity contribution in [2.24, 2.45) is 0 Å². The van der Waals surface area contributed by atoms with E-state index in [1.54, 1.807) is 18.2 Å².